The molecule has 1 N–H and O–H groups in total. The lowest BCUT2D eigenvalue weighted by Gasteiger charge is -2.49. The first kappa shape index (κ1) is 19.7. The molecule has 3 rings (SSSR count). The van der Waals surface area contributed by atoms with Gasteiger partial charge >= 0.3 is 0 Å². The molecule has 0 spiro atoms. The number of carbonyl (C=O) groups is 1. The number of ketones is 1. The lowest BCUT2D eigenvalue weighted by atomic mass is 9.55. The molecule has 4 atom stereocenters. The second-order valence-electron chi connectivity index (χ2n) is 7.95. The maximum Gasteiger partial charge on any atom is 0.203 e. The summed E-state index contributed by atoms with van der Waals surface area (Å²) >= 11 is 0. The fourth-order valence-electron chi connectivity index (χ4n) is 4.96. The summed E-state index contributed by atoms with van der Waals surface area (Å²) in [6.07, 6.45) is 4.69. The lowest BCUT2D eigenvalue weighted by molar-refractivity contribution is -0.137. The third-order valence-electron chi connectivity index (χ3n) is 6.62. The van der Waals surface area contributed by atoms with Gasteiger partial charge in [0.25, 0.3) is 0 Å². The molecular weight excluding hydrogens is 344 g/mol. The van der Waals surface area contributed by atoms with Crippen LogP contribution in [0.25, 0.3) is 6.08 Å². The molecule has 0 amide bonds. The molecule has 2 aliphatic carbocycles. The average molecular weight is 374 g/mol. The van der Waals surface area contributed by atoms with Gasteiger partial charge in [-0.2, -0.15) is 0 Å². The first-order chi connectivity index (χ1) is 12.9. The van der Waals surface area contributed by atoms with Gasteiger partial charge in [0, 0.05) is 11.0 Å². The third kappa shape index (κ3) is 3.22. The molecule has 2 aliphatic rings. The second kappa shape index (κ2) is 7.55. The van der Waals surface area contributed by atoms with Crippen molar-refractivity contribution < 1.29 is 24.1 Å². The van der Waals surface area contributed by atoms with E-state index in [2.05, 4.69) is 13.8 Å². The van der Waals surface area contributed by atoms with Crippen molar-refractivity contribution in [3.05, 3.63) is 23.3 Å². The minimum atomic E-state index is -0.396. The van der Waals surface area contributed by atoms with E-state index < -0.39 is 5.41 Å². The molecule has 0 heterocycles. The van der Waals surface area contributed by atoms with Crippen LogP contribution in [-0.4, -0.2) is 38.3 Å². The molecule has 5 heteroatoms. The number of aliphatic hydroxyl groups is 1. The lowest BCUT2D eigenvalue weighted by Crippen LogP contribution is -2.50. The van der Waals surface area contributed by atoms with Crippen LogP contribution in [0.1, 0.15) is 45.1 Å². The molecule has 27 heavy (non-hydrogen) atoms. The van der Waals surface area contributed by atoms with Crippen molar-refractivity contribution in [1.82, 2.24) is 0 Å². The minimum absolute atomic E-state index is 0.157. The van der Waals surface area contributed by atoms with Crippen molar-refractivity contribution >= 4 is 11.9 Å². The van der Waals surface area contributed by atoms with E-state index in [0.29, 0.717) is 30.1 Å². The summed E-state index contributed by atoms with van der Waals surface area (Å²) in [4.78, 5) is 13.4. The van der Waals surface area contributed by atoms with E-state index in [1.807, 2.05) is 18.2 Å². The SMILES string of the molecule is COc1ccc(/C=C2/CCC3[C@H](C)C(O)CC[C@]3(C)C2=O)c(OC)c1OC. The topological polar surface area (TPSA) is 65.0 Å². The maximum absolute atomic E-state index is 13.4. The first-order valence-corrected chi connectivity index (χ1v) is 9.59. The van der Waals surface area contributed by atoms with Gasteiger partial charge in [0.15, 0.2) is 17.3 Å². The Hall–Kier alpha value is -2.01. The number of methoxy groups -OCH3 is 3. The Labute approximate surface area is 161 Å². The van der Waals surface area contributed by atoms with Crippen LogP contribution in [0.5, 0.6) is 17.2 Å². The monoisotopic (exact) mass is 374 g/mol. The molecule has 0 radical (unpaired) electrons. The summed E-state index contributed by atoms with van der Waals surface area (Å²) in [6.45, 7) is 4.15. The van der Waals surface area contributed by atoms with Crippen molar-refractivity contribution in [2.24, 2.45) is 17.3 Å². The summed E-state index contributed by atoms with van der Waals surface area (Å²) in [5, 5.41) is 10.2. The highest BCUT2D eigenvalue weighted by Crippen LogP contribution is 2.52. The highest BCUT2D eigenvalue weighted by molar-refractivity contribution is 6.04. The Morgan fingerprint density at radius 3 is 2.44 bits per heavy atom. The molecule has 2 unspecified atom stereocenters. The van der Waals surface area contributed by atoms with Gasteiger partial charge in [-0.1, -0.05) is 13.8 Å². The molecule has 2 saturated carbocycles. The molecule has 2 fully saturated rings. The normalized spacial score (nSPS) is 32.1. The number of hydrogen-bond acceptors (Lipinski definition) is 5. The minimum Gasteiger partial charge on any atom is -0.493 e. The van der Waals surface area contributed by atoms with E-state index in [1.54, 1.807) is 21.3 Å². The van der Waals surface area contributed by atoms with Crippen LogP contribution in [0.4, 0.5) is 0 Å². The predicted molar refractivity (Wildman–Crippen MR) is 104 cm³/mol. The zero-order valence-electron chi connectivity index (χ0n) is 16.9. The molecule has 0 saturated heterocycles. The van der Waals surface area contributed by atoms with E-state index >= 15 is 0 Å². The largest absolute Gasteiger partial charge is 0.493 e. The summed E-state index contributed by atoms with van der Waals surface area (Å²) in [5.41, 5.74) is 1.24. The fraction of sp³-hybridized carbons (Fsp3) is 0.591. The summed E-state index contributed by atoms with van der Waals surface area (Å²) in [6, 6.07) is 3.72. The highest BCUT2D eigenvalue weighted by Gasteiger charge is 2.51. The van der Waals surface area contributed by atoms with Crippen molar-refractivity contribution in [3.8, 4) is 17.2 Å². The Balaban J connectivity index is 1.99. The number of fused-ring (bicyclic) bond motifs is 1. The van der Waals surface area contributed by atoms with Gasteiger partial charge in [-0.25, -0.2) is 0 Å². The second-order valence-corrected chi connectivity index (χ2v) is 7.95. The van der Waals surface area contributed by atoms with Gasteiger partial charge in [0.1, 0.15) is 0 Å². The molecule has 0 aliphatic heterocycles. The van der Waals surface area contributed by atoms with Gasteiger partial charge in [-0.15, -0.1) is 0 Å². The number of Topliss-reactive ketones (excluding diaryl/α,β-unsaturated/α-hetero) is 1. The zero-order valence-corrected chi connectivity index (χ0v) is 16.9. The molecular formula is C22H30O5. The molecule has 0 bridgehead atoms. The summed E-state index contributed by atoms with van der Waals surface area (Å²) in [7, 11) is 4.74. The first-order valence-electron chi connectivity index (χ1n) is 9.59. The van der Waals surface area contributed by atoms with Crippen LogP contribution in [0.3, 0.4) is 0 Å². The number of carbonyl (C=O) groups excluding carboxylic acids is 1. The van der Waals surface area contributed by atoms with Crippen molar-refractivity contribution in [2.45, 2.75) is 45.6 Å². The smallest absolute Gasteiger partial charge is 0.203 e. The number of hydrogen-bond donors (Lipinski definition) is 1. The van der Waals surface area contributed by atoms with E-state index in [0.717, 1.165) is 24.0 Å². The van der Waals surface area contributed by atoms with Crippen LogP contribution < -0.4 is 14.2 Å². The Bertz CT molecular complexity index is 753. The molecule has 0 aromatic heterocycles. The van der Waals surface area contributed by atoms with E-state index in [4.69, 9.17) is 14.2 Å². The van der Waals surface area contributed by atoms with Gasteiger partial charge in [-0.3, -0.25) is 4.79 Å². The Morgan fingerprint density at radius 1 is 1.11 bits per heavy atom. The van der Waals surface area contributed by atoms with Crippen LogP contribution in [0.2, 0.25) is 0 Å². The Morgan fingerprint density at radius 2 is 1.81 bits per heavy atom. The van der Waals surface area contributed by atoms with Crippen LogP contribution in [0.15, 0.2) is 17.7 Å². The van der Waals surface area contributed by atoms with Crippen molar-refractivity contribution in [3.63, 3.8) is 0 Å². The molecule has 5 nitrogen and oxygen atoms in total. The van der Waals surface area contributed by atoms with Crippen LogP contribution >= 0.6 is 0 Å². The average Bonchev–Trinajstić information content (AvgIpc) is 2.67. The predicted octanol–water partition coefficient (Wildman–Crippen LogP) is 3.87. The van der Waals surface area contributed by atoms with Gasteiger partial charge < -0.3 is 19.3 Å². The zero-order chi connectivity index (χ0) is 19.8. The van der Waals surface area contributed by atoms with E-state index in [1.165, 1.54) is 0 Å². The summed E-state index contributed by atoms with van der Waals surface area (Å²) < 4.78 is 16.3. The van der Waals surface area contributed by atoms with Gasteiger partial charge in [-0.05, 0) is 61.3 Å². The van der Waals surface area contributed by atoms with E-state index in [9.17, 15) is 9.90 Å². The molecule has 1 aromatic rings. The quantitative estimate of drug-likeness (QED) is 0.811. The van der Waals surface area contributed by atoms with Crippen molar-refractivity contribution in [1.29, 1.82) is 0 Å². The van der Waals surface area contributed by atoms with Crippen molar-refractivity contribution in [2.75, 3.05) is 21.3 Å². The van der Waals surface area contributed by atoms with Gasteiger partial charge in [0.05, 0.1) is 27.4 Å². The molecule has 1 aromatic carbocycles. The number of aliphatic hydroxyl groups excluding tert-OH is 1. The maximum atomic E-state index is 13.4. The number of benzene rings is 1. The fourth-order valence-corrected chi connectivity index (χ4v) is 4.96. The van der Waals surface area contributed by atoms with E-state index in [-0.39, 0.29) is 23.7 Å². The third-order valence-corrected chi connectivity index (χ3v) is 6.62. The molecule has 148 valence electrons. The standard InChI is InChI=1S/C22H30O5/c1-13-16-8-6-15(21(24)22(16,2)11-10-17(13)23)12-14-7-9-18(25-3)20(27-5)19(14)26-4/h7,9,12-13,16-17,23H,6,8,10-11H2,1-5H3/b15-12-/t13-,16?,17?,22-/m0/s1. The highest BCUT2D eigenvalue weighted by atomic mass is 16.5. The number of ether oxygens (including phenoxy) is 3. The summed E-state index contributed by atoms with van der Waals surface area (Å²) in [5.74, 6) is 2.28. The van der Waals surface area contributed by atoms with Gasteiger partial charge in [0.2, 0.25) is 5.75 Å². The van der Waals surface area contributed by atoms with Crippen LogP contribution in [0, 0.1) is 17.3 Å². The Kier molecular flexibility index (Phi) is 5.52. The number of allylic oxidation sites excluding steroid dienone is 1. The van der Waals surface area contributed by atoms with Crippen LogP contribution in [-0.2, 0) is 4.79 Å². The number of rotatable bonds is 4.